The molecule has 21 heavy (non-hydrogen) atoms. The summed E-state index contributed by atoms with van der Waals surface area (Å²) in [6.45, 7) is 3.97. The minimum Gasteiger partial charge on any atom is -0.465 e. The summed E-state index contributed by atoms with van der Waals surface area (Å²) in [5.74, 6) is -1.49. The molecule has 1 aliphatic carbocycles. The summed E-state index contributed by atoms with van der Waals surface area (Å²) in [6, 6.07) is 0. The van der Waals surface area contributed by atoms with Crippen molar-refractivity contribution in [3.8, 4) is 0 Å². The number of esters is 2. The molecular weight excluding hydrogens is 274 g/mol. The fraction of sp³-hybridized carbons (Fsp3) is 0.533. The first kappa shape index (κ1) is 15.3. The van der Waals surface area contributed by atoms with E-state index >= 15 is 0 Å². The van der Waals surface area contributed by atoms with Crippen LogP contribution in [-0.2, 0) is 22.9 Å². The first-order chi connectivity index (χ1) is 9.73. The van der Waals surface area contributed by atoms with Crippen molar-refractivity contribution >= 4 is 17.7 Å². The Morgan fingerprint density at radius 2 is 1.67 bits per heavy atom. The summed E-state index contributed by atoms with van der Waals surface area (Å²) in [7, 11) is 4.12. The van der Waals surface area contributed by atoms with Crippen molar-refractivity contribution in [2.75, 3.05) is 14.2 Å². The monoisotopic (exact) mass is 293 g/mol. The molecule has 1 heterocycles. The van der Waals surface area contributed by atoms with Crippen molar-refractivity contribution in [3.05, 3.63) is 22.5 Å². The maximum atomic E-state index is 12.4. The van der Waals surface area contributed by atoms with E-state index in [1.165, 1.54) is 14.2 Å². The predicted molar refractivity (Wildman–Crippen MR) is 74.5 cm³/mol. The summed E-state index contributed by atoms with van der Waals surface area (Å²) >= 11 is 0. The van der Waals surface area contributed by atoms with Crippen LogP contribution in [0, 0.1) is 5.41 Å². The molecule has 0 aromatic carbocycles. The van der Waals surface area contributed by atoms with Crippen LogP contribution in [0.4, 0.5) is 0 Å². The lowest BCUT2D eigenvalue weighted by Crippen LogP contribution is -2.28. The van der Waals surface area contributed by atoms with Gasteiger partial charge in [-0.1, -0.05) is 13.8 Å². The second-order valence-electron chi connectivity index (χ2n) is 6.03. The van der Waals surface area contributed by atoms with Gasteiger partial charge in [0, 0.05) is 19.2 Å². The highest BCUT2D eigenvalue weighted by molar-refractivity contribution is 6.13. The van der Waals surface area contributed by atoms with Gasteiger partial charge in [-0.3, -0.25) is 4.79 Å². The third-order valence-electron chi connectivity index (χ3n) is 3.85. The number of ether oxygens (including phenoxy) is 2. The Balaban J connectivity index is 2.78. The number of aromatic nitrogens is 1. The zero-order chi connectivity index (χ0) is 15.9. The summed E-state index contributed by atoms with van der Waals surface area (Å²) < 4.78 is 11.1. The largest absolute Gasteiger partial charge is 0.465 e. The van der Waals surface area contributed by atoms with E-state index in [2.05, 4.69) is 0 Å². The molecule has 6 nitrogen and oxygen atoms in total. The van der Waals surface area contributed by atoms with Gasteiger partial charge >= 0.3 is 11.9 Å². The molecule has 0 saturated carbocycles. The Bertz CT molecular complexity index is 639. The molecule has 6 heteroatoms. The number of Topliss-reactive ketones (excluding diaryl/α,β-unsaturated/α-hetero) is 1. The first-order valence-electron chi connectivity index (χ1n) is 6.65. The van der Waals surface area contributed by atoms with Crippen LogP contribution in [-0.4, -0.2) is 36.5 Å². The zero-order valence-corrected chi connectivity index (χ0v) is 12.9. The Labute approximate surface area is 123 Å². The summed E-state index contributed by atoms with van der Waals surface area (Å²) in [4.78, 5) is 36.5. The Kier molecular flexibility index (Phi) is 3.65. The van der Waals surface area contributed by atoms with Crippen molar-refractivity contribution in [3.63, 3.8) is 0 Å². The molecule has 0 saturated heterocycles. The number of carbonyl (C=O) groups is 3. The smallest absolute Gasteiger partial charge is 0.355 e. The number of ketones is 1. The van der Waals surface area contributed by atoms with Crippen LogP contribution in [0.5, 0.6) is 0 Å². The molecule has 114 valence electrons. The van der Waals surface area contributed by atoms with Crippen molar-refractivity contribution < 1.29 is 23.9 Å². The van der Waals surface area contributed by atoms with Crippen molar-refractivity contribution in [2.24, 2.45) is 12.5 Å². The molecule has 0 atom stereocenters. The van der Waals surface area contributed by atoms with Crippen molar-refractivity contribution in [1.82, 2.24) is 4.57 Å². The molecule has 1 aromatic rings. The van der Waals surface area contributed by atoms with Crippen LogP contribution >= 0.6 is 0 Å². The molecule has 0 amide bonds. The summed E-state index contributed by atoms with van der Waals surface area (Å²) in [5.41, 5.74) is 0.848. The number of carbonyl (C=O) groups excluding carboxylic acids is 3. The Morgan fingerprint density at radius 1 is 1.10 bits per heavy atom. The van der Waals surface area contributed by atoms with Gasteiger partial charge in [0.05, 0.1) is 19.8 Å². The van der Waals surface area contributed by atoms with Gasteiger partial charge in [0.25, 0.3) is 0 Å². The normalized spacial score (nSPS) is 16.3. The van der Waals surface area contributed by atoms with Gasteiger partial charge in [-0.25, -0.2) is 9.59 Å². The third kappa shape index (κ3) is 2.34. The second-order valence-corrected chi connectivity index (χ2v) is 6.03. The van der Waals surface area contributed by atoms with Gasteiger partial charge in [-0.2, -0.15) is 0 Å². The molecule has 0 aliphatic heterocycles. The van der Waals surface area contributed by atoms with E-state index in [-0.39, 0.29) is 22.5 Å². The van der Waals surface area contributed by atoms with E-state index < -0.39 is 11.9 Å². The van der Waals surface area contributed by atoms with E-state index in [4.69, 9.17) is 9.47 Å². The van der Waals surface area contributed by atoms with Crippen LogP contribution in [0.2, 0.25) is 0 Å². The number of rotatable bonds is 2. The first-order valence-corrected chi connectivity index (χ1v) is 6.65. The van der Waals surface area contributed by atoms with E-state index in [0.29, 0.717) is 24.1 Å². The standard InChI is InChI=1S/C15H19NO5/c1-15(2)6-8-10(9(17)7-15)11(13(18)20-4)12(16(8)3)14(19)21-5/h6-7H2,1-5H3. The van der Waals surface area contributed by atoms with Crippen LogP contribution < -0.4 is 0 Å². The van der Waals surface area contributed by atoms with Crippen molar-refractivity contribution in [2.45, 2.75) is 26.7 Å². The lowest BCUT2D eigenvalue weighted by Gasteiger charge is -2.29. The number of hydrogen-bond donors (Lipinski definition) is 0. The van der Waals surface area contributed by atoms with E-state index in [9.17, 15) is 14.4 Å². The highest BCUT2D eigenvalue weighted by Gasteiger charge is 2.40. The Morgan fingerprint density at radius 3 is 2.19 bits per heavy atom. The molecule has 2 rings (SSSR count). The number of hydrogen-bond acceptors (Lipinski definition) is 5. The van der Waals surface area contributed by atoms with Crippen LogP contribution in [0.15, 0.2) is 0 Å². The molecule has 0 bridgehead atoms. The highest BCUT2D eigenvalue weighted by Crippen LogP contribution is 2.38. The minimum absolute atomic E-state index is 0.0161. The zero-order valence-electron chi connectivity index (χ0n) is 12.9. The van der Waals surface area contributed by atoms with Gasteiger partial charge in [-0.05, 0) is 11.8 Å². The van der Waals surface area contributed by atoms with Crippen molar-refractivity contribution in [1.29, 1.82) is 0 Å². The van der Waals surface area contributed by atoms with Crippen LogP contribution in [0.3, 0.4) is 0 Å². The van der Waals surface area contributed by atoms with Crippen LogP contribution in [0.25, 0.3) is 0 Å². The lowest BCUT2D eigenvalue weighted by molar-refractivity contribution is 0.0547. The number of methoxy groups -OCH3 is 2. The molecule has 0 unspecified atom stereocenters. The third-order valence-corrected chi connectivity index (χ3v) is 3.85. The SMILES string of the molecule is COC(=O)c1c2c(n(C)c1C(=O)OC)CC(C)(C)CC2=O. The summed E-state index contributed by atoms with van der Waals surface area (Å²) in [6.07, 6.45) is 0.931. The topological polar surface area (TPSA) is 74.6 Å². The molecule has 0 fully saturated rings. The van der Waals surface area contributed by atoms with Gasteiger partial charge < -0.3 is 14.0 Å². The number of fused-ring (bicyclic) bond motifs is 1. The van der Waals surface area contributed by atoms with Gasteiger partial charge in [0.15, 0.2) is 5.78 Å². The average molecular weight is 293 g/mol. The van der Waals surface area contributed by atoms with Gasteiger partial charge in [0.2, 0.25) is 0 Å². The predicted octanol–water partition coefficient (Wildman–Crippen LogP) is 1.75. The maximum absolute atomic E-state index is 12.4. The second kappa shape index (κ2) is 5.02. The summed E-state index contributed by atoms with van der Waals surface area (Å²) in [5, 5.41) is 0. The lowest BCUT2D eigenvalue weighted by atomic mass is 9.75. The van der Waals surface area contributed by atoms with Crippen LogP contribution in [0.1, 0.15) is 57.2 Å². The quantitative estimate of drug-likeness (QED) is 0.777. The molecule has 0 spiro atoms. The van der Waals surface area contributed by atoms with E-state index in [0.717, 1.165) is 0 Å². The maximum Gasteiger partial charge on any atom is 0.355 e. The molecule has 0 radical (unpaired) electrons. The molecule has 0 N–H and O–H groups in total. The van der Waals surface area contributed by atoms with E-state index in [1.54, 1.807) is 11.6 Å². The molecule has 1 aromatic heterocycles. The Hall–Kier alpha value is -2.11. The fourth-order valence-electron chi connectivity index (χ4n) is 2.92. The average Bonchev–Trinajstić information content (AvgIpc) is 2.69. The van der Waals surface area contributed by atoms with Gasteiger partial charge in [0.1, 0.15) is 11.3 Å². The molecular formula is C15H19NO5. The van der Waals surface area contributed by atoms with Gasteiger partial charge in [-0.15, -0.1) is 0 Å². The number of nitrogens with zero attached hydrogens (tertiary/aromatic N) is 1. The fourth-order valence-corrected chi connectivity index (χ4v) is 2.92. The minimum atomic E-state index is -0.694. The van der Waals surface area contributed by atoms with E-state index in [1.807, 2.05) is 13.8 Å². The molecule has 1 aliphatic rings. The highest BCUT2D eigenvalue weighted by atomic mass is 16.5.